The number of fused-ring (bicyclic) bond motifs is 1. The summed E-state index contributed by atoms with van der Waals surface area (Å²) in [7, 11) is 0. The second kappa shape index (κ2) is 5.05. The minimum absolute atomic E-state index is 0.460. The molecule has 0 radical (unpaired) electrons. The van der Waals surface area contributed by atoms with Gasteiger partial charge in [0, 0.05) is 11.9 Å². The first-order valence-corrected chi connectivity index (χ1v) is 6.95. The van der Waals surface area contributed by atoms with Gasteiger partial charge >= 0.3 is 0 Å². The highest BCUT2D eigenvalue weighted by Gasteiger charge is 2.23. The highest BCUT2D eigenvalue weighted by atomic mass is 32.1. The smallest absolute Gasteiger partial charge is 0.174 e. The van der Waals surface area contributed by atoms with E-state index in [4.69, 9.17) is 18.0 Å². The summed E-state index contributed by atoms with van der Waals surface area (Å²) in [6, 6.07) is 8.53. The average Bonchev–Trinajstić information content (AvgIpc) is 2.84. The topological polar surface area (TPSA) is 57.6 Å². The van der Waals surface area contributed by atoms with E-state index in [9.17, 15) is 0 Å². The fraction of sp³-hybridized carbons (Fsp3) is 0.267. The van der Waals surface area contributed by atoms with Gasteiger partial charge in [-0.05, 0) is 60.3 Å². The summed E-state index contributed by atoms with van der Waals surface area (Å²) in [5.74, 6) is 0.460. The lowest BCUT2D eigenvalue weighted by Crippen LogP contribution is -2.16. The molecule has 98 valence electrons. The Morgan fingerprint density at radius 1 is 1.37 bits per heavy atom. The van der Waals surface area contributed by atoms with E-state index in [0.717, 1.165) is 25.0 Å². The first kappa shape index (κ1) is 12.2. The van der Waals surface area contributed by atoms with Crippen LogP contribution in [0.5, 0.6) is 0 Å². The summed E-state index contributed by atoms with van der Waals surface area (Å²) >= 11 is 5.07. The molecule has 4 heteroatoms. The molecule has 1 aromatic carbocycles. The Bertz CT molecular complexity index is 666. The number of hydrogen-bond donors (Lipinski definition) is 3. The fourth-order valence-corrected chi connectivity index (χ4v) is 3.10. The lowest BCUT2D eigenvalue weighted by Gasteiger charge is -2.27. The van der Waals surface area contributed by atoms with Crippen LogP contribution in [0.25, 0.3) is 5.57 Å². The number of H-pyrrole nitrogens is 2. The summed E-state index contributed by atoms with van der Waals surface area (Å²) in [5, 5.41) is 0. The van der Waals surface area contributed by atoms with Crippen LogP contribution in [-0.2, 0) is 12.8 Å². The molecule has 0 amide bonds. The first-order valence-electron chi connectivity index (χ1n) is 6.54. The van der Waals surface area contributed by atoms with Crippen molar-refractivity contribution in [1.82, 2.24) is 9.97 Å². The van der Waals surface area contributed by atoms with Crippen LogP contribution in [0, 0.1) is 10.7 Å². The van der Waals surface area contributed by atoms with Crippen molar-refractivity contribution >= 4 is 17.8 Å². The molecule has 0 aliphatic heterocycles. The molecule has 2 aromatic rings. The van der Waals surface area contributed by atoms with Gasteiger partial charge in [0.1, 0.15) is 0 Å². The third kappa shape index (κ3) is 2.36. The molecule has 1 unspecified atom stereocenters. The maximum Gasteiger partial charge on any atom is 0.174 e. The third-order valence-corrected chi connectivity index (χ3v) is 4.05. The molecule has 0 bridgehead atoms. The van der Waals surface area contributed by atoms with Crippen molar-refractivity contribution in [3.05, 3.63) is 58.3 Å². The normalized spacial score (nSPS) is 20.4. The predicted octanol–water partition coefficient (Wildman–Crippen LogP) is 3.18. The van der Waals surface area contributed by atoms with Crippen molar-refractivity contribution in [1.29, 1.82) is 0 Å². The molecule has 19 heavy (non-hydrogen) atoms. The van der Waals surface area contributed by atoms with Crippen molar-refractivity contribution in [3.63, 3.8) is 0 Å². The Hall–Kier alpha value is -1.81. The van der Waals surface area contributed by atoms with Crippen LogP contribution in [0.1, 0.15) is 23.2 Å². The van der Waals surface area contributed by atoms with E-state index in [1.165, 1.54) is 16.7 Å². The maximum absolute atomic E-state index is 5.87. The minimum atomic E-state index is 0.460. The van der Waals surface area contributed by atoms with Gasteiger partial charge in [0.2, 0.25) is 0 Å². The second-order valence-corrected chi connectivity index (χ2v) is 5.40. The van der Waals surface area contributed by atoms with Crippen molar-refractivity contribution < 1.29 is 0 Å². The Balaban J connectivity index is 1.90. The lowest BCUT2D eigenvalue weighted by molar-refractivity contribution is 0.579. The van der Waals surface area contributed by atoms with Crippen LogP contribution < -0.4 is 5.73 Å². The summed E-state index contributed by atoms with van der Waals surface area (Å²) in [5.41, 5.74) is 11.0. The quantitative estimate of drug-likeness (QED) is 0.735. The van der Waals surface area contributed by atoms with Gasteiger partial charge in [-0.1, -0.05) is 24.3 Å². The Morgan fingerprint density at radius 3 is 2.95 bits per heavy atom. The molecule has 0 spiro atoms. The Labute approximate surface area is 117 Å². The van der Waals surface area contributed by atoms with Crippen LogP contribution in [-0.4, -0.2) is 9.97 Å². The van der Waals surface area contributed by atoms with Crippen LogP contribution in [0.15, 0.2) is 36.7 Å². The van der Waals surface area contributed by atoms with Gasteiger partial charge in [0.25, 0.3) is 0 Å². The molecule has 1 atom stereocenters. The third-order valence-electron chi connectivity index (χ3n) is 3.83. The molecule has 1 heterocycles. The van der Waals surface area contributed by atoms with Crippen molar-refractivity contribution in [3.8, 4) is 0 Å². The maximum atomic E-state index is 5.87. The second-order valence-electron chi connectivity index (χ2n) is 4.99. The first-order chi connectivity index (χ1) is 9.28. The number of aromatic nitrogens is 2. The lowest BCUT2D eigenvalue weighted by atomic mass is 9.78. The van der Waals surface area contributed by atoms with Gasteiger partial charge in [-0.3, -0.25) is 0 Å². The molecule has 3 nitrogen and oxygen atoms in total. The van der Waals surface area contributed by atoms with Crippen molar-refractivity contribution in [2.75, 3.05) is 0 Å². The van der Waals surface area contributed by atoms with Crippen molar-refractivity contribution in [2.24, 2.45) is 11.7 Å². The van der Waals surface area contributed by atoms with E-state index >= 15 is 0 Å². The van der Waals surface area contributed by atoms with Crippen LogP contribution in [0.2, 0.25) is 0 Å². The van der Waals surface area contributed by atoms with Gasteiger partial charge in [-0.2, -0.15) is 0 Å². The minimum Gasteiger partial charge on any atom is -0.404 e. The van der Waals surface area contributed by atoms with E-state index in [1.54, 1.807) is 6.20 Å². The molecular formula is C15H17N3S. The van der Waals surface area contributed by atoms with Gasteiger partial charge in [-0.25, -0.2) is 0 Å². The molecule has 4 N–H and O–H groups in total. The van der Waals surface area contributed by atoms with E-state index in [1.807, 2.05) is 6.20 Å². The van der Waals surface area contributed by atoms with Gasteiger partial charge in [-0.15, -0.1) is 0 Å². The number of rotatable bonds is 2. The zero-order chi connectivity index (χ0) is 13.2. The number of imidazole rings is 1. The standard InChI is InChI=1S/C15H17N3S/c16-8-14-11(7-12-9-17-15(19)18-12)6-5-10-3-1-2-4-13(10)14/h1-4,8-9,11H,5-7,16H2,(H2,17,18,19)/b14-8+. The van der Waals surface area contributed by atoms with E-state index in [0.29, 0.717) is 10.7 Å². The SMILES string of the molecule is N/C=C1/c2ccccc2CCC1Cc1c[nH]c(=S)[nH]1. The summed E-state index contributed by atoms with van der Waals surface area (Å²) in [4.78, 5) is 6.20. The van der Waals surface area contributed by atoms with E-state index in [-0.39, 0.29) is 0 Å². The molecule has 0 saturated heterocycles. The average molecular weight is 271 g/mol. The molecule has 1 aliphatic carbocycles. The largest absolute Gasteiger partial charge is 0.404 e. The van der Waals surface area contributed by atoms with Crippen LogP contribution in [0.4, 0.5) is 0 Å². The number of nitrogens with two attached hydrogens (primary N) is 1. The molecular weight excluding hydrogens is 254 g/mol. The Morgan fingerprint density at radius 2 is 2.21 bits per heavy atom. The number of aryl methyl sites for hydroxylation is 1. The van der Waals surface area contributed by atoms with Gasteiger partial charge in [0.05, 0.1) is 0 Å². The van der Waals surface area contributed by atoms with E-state index in [2.05, 4.69) is 34.2 Å². The number of aromatic amines is 2. The zero-order valence-electron chi connectivity index (χ0n) is 10.6. The number of nitrogens with one attached hydrogen (secondary N) is 2. The Kier molecular flexibility index (Phi) is 3.25. The van der Waals surface area contributed by atoms with Crippen molar-refractivity contribution in [2.45, 2.75) is 19.3 Å². The summed E-state index contributed by atoms with van der Waals surface area (Å²) < 4.78 is 0.685. The molecule has 0 saturated carbocycles. The highest BCUT2D eigenvalue weighted by molar-refractivity contribution is 7.71. The summed E-state index contributed by atoms with van der Waals surface area (Å²) in [6.07, 6.45) is 6.92. The molecule has 3 rings (SSSR count). The fourth-order valence-electron chi connectivity index (χ4n) is 2.91. The van der Waals surface area contributed by atoms with Crippen LogP contribution in [0.3, 0.4) is 0 Å². The predicted molar refractivity (Wildman–Crippen MR) is 80.1 cm³/mol. The molecule has 0 fully saturated rings. The van der Waals surface area contributed by atoms with Gasteiger partial charge < -0.3 is 15.7 Å². The number of benzene rings is 1. The number of allylic oxidation sites excluding steroid dienone is 1. The zero-order valence-corrected chi connectivity index (χ0v) is 11.5. The van der Waals surface area contributed by atoms with E-state index < -0.39 is 0 Å². The van der Waals surface area contributed by atoms with Gasteiger partial charge in [0.15, 0.2) is 4.77 Å². The highest BCUT2D eigenvalue weighted by Crippen LogP contribution is 2.36. The molecule has 1 aliphatic rings. The summed E-state index contributed by atoms with van der Waals surface area (Å²) in [6.45, 7) is 0. The monoisotopic (exact) mass is 271 g/mol. The molecule has 1 aromatic heterocycles. The van der Waals surface area contributed by atoms with Crippen LogP contribution >= 0.6 is 12.2 Å². The number of hydrogen-bond acceptors (Lipinski definition) is 2.